The van der Waals surface area contributed by atoms with Gasteiger partial charge in [-0.2, -0.15) is 0 Å². The van der Waals surface area contributed by atoms with E-state index in [4.69, 9.17) is 5.73 Å². The minimum atomic E-state index is 0.0422. The normalized spacial score (nSPS) is 18.0. The molecule has 1 atom stereocenters. The first-order valence-electron chi connectivity index (χ1n) is 7.08. The summed E-state index contributed by atoms with van der Waals surface area (Å²) in [6, 6.07) is 15.7. The van der Waals surface area contributed by atoms with Crippen LogP contribution >= 0.6 is 15.9 Å². The molecule has 21 heavy (non-hydrogen) atoms. The zero-order valence-electron chi connectivity index (χ0n) is 11.6. The van der Waals surface area contributed by atoms with Crippen LogP contribution in [-0.2, 0) is 0 Å². The van der Waals surface area contributed by atoms with Gasteiger partial charge >= 0.3 is 0 Å². The molecule has 0 bridgehead atoms. The molecule has 2 aromatic rings. The monoisotopic (exact) mass is 344 g/mol. The van der Waals surface area contributed by atoms with Crippen LogP contribution in [-0.4, -0.2) is 17.4 Å². The molecule has 0 aliphatic carbocycles. The highest BCUT2D eigenvalue weighted by molar-refractivity contribution is 9.10. The van der Waals surface area contributed by atoms with Crippen LogP contribution in [0.25, 0.3) is 0 Å². The van der Waals surface area contributed by atoms with Crippen molar-refractivity contribution in [1.82, 2.24) is 4.90 Å². The molecule has 108 valence electrons. The lowest BCUT2D eigenvalue weighted by Crippen LogP contribution is -2.30. The lowest BCUT2D eigenvalue weighted by Gasteiger charge is -2.25. The Bertz CT molecular complexity index is 657. The van der Waals surface area contributed by atoms with Gasteiger partial charge in [0.25, 0.3) is 5.91 Å². The minimum Gasteiger partial charge on any atom is -0.399 e. The van der Waals surface area contributed by atoms with Gasteiger partial charge in [0.2, 0.25) is 0 Å². The molecule has 1 amide bonds. The highest BCUT2D eigenvalue weighted by Crippen LogP contribution is 2.34. The first kappa shape index (κ1) is 14.1. The number of nitrogens with zero attached hydrogens (tertiary/aromatic N) is 1. The Hall–Kier alpha value is -1.81. The smallest absolute Gasteiger partial charge is 0.255 e. The quantitative estimate of drug-likeness (QED) is 0.836. The zero-order valence-corrected chi connectivity index (χ0v) is 13.2. The Labute approximate surface area is 132 Å². The van der Waals surface area contributed by atoms with Gasteiger partial charge in [0.1, 0.15) is 0 Å². The second kappa shape index (κ2) is 5.90. The van der Waals surface area contributed by atoms with Gasteiger partial charge in [-0.25, -0.2) is 0 Å². The van der Waals surface area contributed by atoms with E-state index in [1.807, 2.05) is 29.2 Å². The van der Waals surface area contributed by atoms with Crippen molar-refractivity contribution in [2.24, 2.45) is 0 Å². The third kappa shape index (κ3) is 2.81. The molecule has 1 unspecified atom stereocenters. The number of hydrogen-bond acceptors (Lipinski definition) is 2. The number of halogens is 1. The topological polar surface area (TPSA) is 46.3 Å². The van der Waals surface area contributed by atoms with E-state index in [9.17, 15) is 4.79 Å². The van der Waals surface area contributed by atoms with Crippen molar-refractivity contribution in [2.75, 3.05) is 12.3 Å². The number of nitrogen functional groups attached to an aromatic ring is 1. The molecule has 1 aliphatic heterocycles. The Balaban J connectivity index is 1.92. The van der Waals surface area contributed by atoms with Crippen molar-refractivity contribution in [3.63, 3.8) is 0 Å². The number of carbonyl (C=O) groups is 1. The number of likely N-dealkylation sites (tertiary alicyclic amines) is 1. The fourth-order valence-corrected chi connectivity index (χ4v) is 3.31. The van der Waals surface area contributed by atoms with Gasteiger partial charge in [-0.3, -0.25) is 4.79 Å². The maximum Gasteiger partial charge on any atom is 0.255 e. The fraction of sp³-hybridized carbons (Fsp3) is 0.235. The molecule has 1 heterocycles. The standard InChI is InChI=1S/C17H17BrN2O/c18-15-9-8-13(19)11-14(15)17(21)20-10-4-7-16(20)12-5-2-1-3-6-12/h1-3,5-6,8-9,11,16H,4,7,10,19H2. The molecule has 1 saturated heterocycles. The maximum absolute atomic E-state index is 12.8. The van der Waals surface area contributed by atoms with Crippen molar-refractivity contribution in [3.8, 4) is 0 Å². The van der Waals surface area contributed by atoms with Crippen molar-refractivity contribution in [2.45, 2.75) is 18.9 Å². The fourth-order valence-electron chi connectivity index (χ4n) is 2.89. The number of benzene rings is 2. The summed E-state index contributed by atoms with van der Waals surface area (Å²) < 4.78 is 0.792. The number of amides is 1. The van der Waals surface area contributed by atoms with E-state index in [-0.39, 0.29) is 11.9 Å². The van der Waals surface area contributed by atoms with E-state index >= 15 is 0 Å². The van der Waals surface area contributed by atoms with Crippen LogP contribution in [0.5, 0.6) is 0 Å². The van der Waals surface area contributed by atoms with E-state index in [0.29, 0.717) is 11.3 Å². The van der Waals surface area contributed by atoms with Crippen LogP contribution in [0.4, 0.5) is 5.69 Å². The summed E-state index contributed by atoms with van der Waals surface area (Å²) in [5.41, 5.74) is 8.26. The summed E-state index contributed by atoms with van der Waals surface area (Å²) in [5, 5.41) is 0. The molecule has 3 rings (SSSR count). The third-order valence-electron chi connectivity index (χ3n) is 3.92. The molecule has 1 fully saturated rings. The van der Waals surface area contributed by atoms with Gasteiger partial charge in [-0.15, -0.1) is 0 Å². The summed E-state index contributed by atoms with van der Waals surface area (Å²) in [6.07, 6.45) is 2.04. The van der Waals surface area contributed by atoms with Crippen molar-refractivity contribution in [1.29, 1.82) is 0 Å². The summed E-state index contributed by atoms with van der Waals surface area (Å²) >= 11 is 3.45. The predicted octanol–water partition coefficient (Wildman–Crippen LogP) is 4.01. The lowest BCUT2D eigenvalue weighted by atomic mass is 10.0. The van der Waals surface area contributed by atoms with Crippen LogP contribution in [0, 0.1) is 0 Å². The molecule has 2 N–H and O–H groups in total. The number of carbonyl (C=O) groups excluding carboxylic acids is 1. The van der Waals surface area contributed by atoms with Gasteiger partial charge in [0.15, 0.2) is 0 Å². The molecule has 0 saturated carbocycles. The first-order chi connectivity index (χ1) is 10.2. The number of rotatable bonds is 2. The second-order valence-electron chi connectivity index (χ2n) is 5.31. The summed E-state index contributed by atoms with van der Waals surface area (Å²) in [6.45, 7) is 0.791. The van der Waals surface area contributed by atoms with E-state index in [1.54, 1.807) is 12.1 Å². The van der Waals surface area contributed by atoms with Gasteiger partial charge in [-0.05, 0) is 52.5 Å². The Kier molecular flexibility index (Phi) is 3.97. The van der Waals surface area contributed by atoms with E-state index in [0.717, 1.165) is 23.9 Å². The van der Waals surface area contributed by atoms with Crippen molar-refractivity contribution < 1.29 is 4.79 Å². The average molecular weight is 345 g/mol. The largest absolute Gasteiger partial charge is 0.399 e. The van der Waals surface area contributed by atoms with Crippen LogP contribution in [0.1, 0.15) is 34.8 Å². The number of nitrogens with two attached hydrogens (primary N) is 1. The lowest BCUT2D eigenvalue weighted by molar-refractivity contribution is 0.0735. The van der Waals surface area contributed by atoms with Gasteiger partial charge < -0.3 is 10.6 Å². The Morgan fingerprint density at radius 2 is 1.95 bits per heavy atom. The second-order valence-corrected chi connectivity index (χ2v) is 6.16. The predicted molar refractivity (Wildman–Crippen MR) is 88.0 cm³/mol. The summed E-state index contributed by atoms with van der Waals surface area (Å²) in [7, 11) is 0. The molecule has 0 spiro atoms. The van der Waals surface area contributed by atoms with Crippen molar-refractivity contribution in [3.05, 3.63) is 64.1 Å². The maximum atomic E-state index is 12.8. The molecular weight excluding hydrogens is 328 g/mol. The summed E-state index contributed by atoms with van der Waals surface area (Å²) in [4.78, 5) is 14.8. The summed E-state index contributed by atoms with van der Waals surface area (Å²) in [5.74, 6) is 0.0422. The molecule has 3 nitrogen and oxygen atoms in total. The van der Waals surface area contributed by atoms with Crippen LogP contribution in [0.2, 0.25) is 0 Å². The Morgan fingerprint density at radius 1 is 1.19 bits per heavy atom. The molecule has 2 aromatic carbocycles. The van der Waals surface area contributed by atoms with Crippen LogP contribution in [0.3, 0.4) is 0 Å². The SMILES string of the molecule is Nc1ccc(Br)c(C(=O)N2CCCC2c2ccccc2)c1. The molecular formula is C17H17BrN2O. The van der Waals surface area contributed by atoms with Crippen LogP contribution in [0.15, 0.2) is 53.0 Å². The zero-order chi connectivity index (χ0) is 14.8. The third-order valence-corrected chi connectivity index (χ3v) is 4.61. The number of anilines is 1. The molecule has 0 radical (unpaired) electrons. The van der Waals surface area contributed by atoms with E-state index in [1.165, 1.54) is 5.56 Å². The van der Waals surface area contributed by atoms with Gasteiger partial charge in [0, 0.05) is 16.7 Å². The Morgan fingerprint density at radius 3 is 2.71 bits per heavy atom. The highest BCUT2D eigenvalue weighted by Gasteiger charge is 2.31. The van der Waals surface area contributed by atoms with E-state index in [2.05, 4.69) is 28.1 Å². The molecule has 0 aromatic heterocycles. The van der Waals surface area contributed by atoms with Crippen molar-refractivity contribution >= 4 is 27.5 Å². The minimum absolute atomic E-state index is 0.0422. The van der Waals surface area contributed by atoms with E-state index < -0.39 is 0 Å². The highest BCUT2D eigenvalue weighted by atomic mass is 79.9. The molecule has 4 heteroatoms. The number of hydrogen-bond donors (Lipinski definition) is 1. The van der Waals surface area contributed by atoms with Gasteiger partial charge in [-0.1, -0.05) is 30.3 Å². The molecule has 1 aliphatic rings. The van der Waals surface area contributed by atoms with Gasteiger partial charge in [0.05, 0.1) is 11.6 Å². The first-order valence-corrected chi connectivity index (χ1v) is 7.87. The van der Waals surface area contributed by atoms with Crippen LogP contribution < -0.4 is 5.73 Å². The average Bonchev–Trinajstić information content (AvgIpc) is 2.99.